The van der Waals surface area contributed by atoms with Crippen molar-refractivity contribution in [2.45, 2.75) is 50.4 Å². The van der Waals surface area contributed by atoms with E-state index in [0.29, 0.717) is 17.1 Å². The van der Waals surface area contributed by atoms with Crippen molar-refractivity contribution in [2.75, 3.05) is 37.6 Å². The first-order valence-corrected chi connectivity index (χ1v) is 14.2. The minimum Gasteiger partial charge on any atom is -0.508 e. The molecule has 0 radical (unpaired) electrons. The van der Waals surface area contributed by atoms with Gasteiger partial charge in [-0.2, -0.15) is 0 Å². The van der Waals surface area contributed by atoms with Gasteiger partial charge in [-0.3, -0.25) is 9.69 Å². The van der Waals surface area contributed by atoms with E-state index in [1.165, 1.54) is 40.8 Å². The minimum atomic E-state index is -0.724. The monoisotopic (exact) mass is 510 g/mol. The fourth-order valence-electron chi connectivity index (χ4n) is 7.38. The zero-order chi connectivity index (χ0) is 26.1. The van der Waals surface area contributed by atoms with Gasteiger partial charge in [-0.1, -0.05) is 48.5 Å². The topological polar surface area (TPSA) is 64.0 Å². The first kappa shape index (κ1) is 25.0. The maximum Gasteiger partial charge on any atom is 0.317 e. The minimum absolute atomic E-state index is 0.162. The number of hydrogen-bond acceptors (Lipinski definition) is 4. The van der Waals surface area contributed by atoms with Crippen LogP contribution in [0.5, 0.6) is 5.75 Å². The highest BCUT2D eigenvalue weighted by atomic mass is 16.4. The molecule has 6 rings (SSSR count). The number of carboxylic acids is 1. The quantitative estimate of drug-likeness (QED) is 0.439. The first-order valence-electron chi connectivity index (χ1n) is 14.2. The molecule has 2 fully saturated rings. The summed E-state index contributed by atoms with van der Waals surface area (Å²) in [7, 11) is 0. The highest BCUT2D eigenvalue weighted by molar-refractivity contribution is 5.69. The van der Waals surface area contributed by atoms with Crippen LogP contribution in [0.3, 0.4) is 0 Å². The Labute approximate surface area is 225 Å². The number of phenols is 1. The van der Waals surface area contributed by atoms with Crippen molar-refractivity contribution in [1.82, 2.24) is 4.90 Å². The van der Waals surface area contributed by atoms with Gasteiger partial charge in [0.05, 0.1) is 6.54 Å². The fourth-order valence-corrected chi connectivity index (χ4v) is 7.38. The van der Waals surface area contributed by atoms with Crippen LogP contribution >= 0.6 is 0 Å². The summed E-state index contributed by atoms with van der Waals surface area (Å²) in [4.78, 5) is 15.8. The summed E-state index contributed by atoms with van der Waals surface area (Å²) in [6.07, 6.45) is 6.65. The number of hydrogen-bond donors (Lipinski definition) is 2. The zero-order valence-electron chi connectivity index (χ0n) is 22.1. The molecule has 0 saturated carbocycles. The Hall–Kier alpha value is -3.31. The summed E-state index contributed by atoms with van der Waals surface area (Å²) in [6, 6.07) is 26.1. The van der Waals surface area contributed by atoms with Gasteiger partial charge in [0.2, 0.25) is 0 Å². The van der Waals surface area contributed by atoms with Crippen LogP contribution in [0.4, 0.5) is 5.69 Å². The van der Waals surface area contributed by atoms with Crippen molar-refractivity contribution >= 4 is 11.7 Å². The Morgan fingerprint density at radius 3 is 2.39 bits per heavy atom. The lowest BCUT2D eigenvalue weighted by Gasteiger charge is -2.48. The summed E-state index contributed by atoms with van der Waals surface area (Å²) in [6.45, 7) is 4.08. The summed E-state index contributed by atoms with van der Waals surface area (Å²) in [5, 5.41) is 19.3. The average Bonchev–Trinajstić information content (AvgIpc) is 2.94. The number of aromatic hydroxyl groups is 1. The molecule has 198 valence electrons. The molecule has 0 aromatic heterocycles. The third kappa shape index (κ3) is 5.04. The van der Waals surface area contributed by atoms with Gasteiger partial charge in [0, 0.05) is 24.7 Å². The van der Waals surface area contributed by atoms with Crippen LogP contribution in [0.25, 0.3) is 0 Å². The lowest BCUT2D eigenvalue weighted by molar-refractivity contribution is -0.139. The number of piperidine rings is 2. The van der Waals surface area contributed by atoms with Crippen molar-refractivity contribution in [1.29, 1.82) is 0 Å². The Bertz CT molecular complexity index is 1270. The largest absolute Gasteiger partial charge is 0.508 e. The molecule has 1 aliphatic carbocycles. The molecule has 38 heavy (non-hydrogen) atoms. The Morgan fingerprint density at radius 1 is 0.895 bits per heavy atom. The second-order valence-electron chi connectivity index (χ2n) is 11.7. The number of benzene rings is 3. The van der Waals surface area contributed by atoms with E-state index in [9.17, 15) is 9.90 Å². The number of rotatable bonds is 5. The van der Waals surface area contributed by atoms with Crippen LogP contribution in [-0.4, -0.2) is 53.8 Å². The molecule has 3 aromatic rings. The standard InChI is InChI=1S/C33H38N2O3/c36-28-12-14-30-26(21-28)9-13-29(24-5-2-1-3-6-24)32(30)25-7-10-27(11-8-25)35-18-4-15-33(23-35)16-19-34(20-17-33)22-31(37)38/h1-3,5-8,10-12,14,21,29,32,36H,4,9,13,15-20,22-23H2,(H,37,38)/t29-,32+/m1/s1. The average molecular weight is 511 g/mol. The number of anilines is 1. The molecular weight excluding hydrogens is 472 g/mol. The van der Waals surface area contributed by atoms with Gasteiger partial charge in [-0.05, 0) is 109 Å². The molecular formula is C33H38N2O3. The van der Waals surface area contributed by atoms with E-state index in [1.807, 2.05) is 12.1 Å². The van der Waals surface area contributed by atoms with Gasteiger partial charge < -0.3 is 15.1 Å². The molecule has 2 N–H and O–H groups in total. The molecule has 1 spiro atoms. The molecule has 3 aliphatic rings. The summed E-state index contributed by atoms with van der Waals surface area (Å²) >= 11 is 0. The van der Waals surface area contributed by atoms with Crippen LogP contribution in [0, 0.1) is 5.41 Å². The third-order valence-corrected chi connectivity index (χ3v) is 9.37. The summed E-state index contributed by atoms with van der Waals surface area (Å²) < 4.78 is 0. The molecule has 0 bridgehead atoms. The van der Waals surface area contributed by atoms with Crippen molar-refractivity contribution < 1.29 is 15.0 Å². The molecule has 0 amide bonds. The highest BCUT2D eigenvalue weighted by Crippen LogP contribution is 2.47. The highest BCUT2D eigenvalue weighted by Gasteiger charge is 2.39. The van der Waals surface area contributed by atoms with E-state index in [0.717, 1.165) is 51.9 Å². The maximum atomic E-state index is 11.1. The second kappa shape index (κ2) is 10.5. The Kier molecular flexibility index (Phi) is 6.87. The fraction of sp³-hybridized carbons (Fsp3) is 0.424. The molecule has 0 unspecified atom stereocenters. The Morgan fingerprint density at radius 2 is 1.66 bits per heavy atom. The van der Waals surface area contributed by atoms with Gasteiger partial charge in [-0.15, -0.1) is 0 Å². The van der Waals surface area contributed by atoms with E-state index < -0.39 is 5.97 Å². The van der Waals surface area contributed by atoms with Crippen molar-refractivity contribution in [3.63, 3.8) is 0 Å². The number of likely N-dealkylation sites (tertiary alicyclic amines) is 1. The first-order chi connectivity index (χ1) is 18.5. The van der Waals surface area contributed by atoms with E-state index in [1.54, 1.807) is 0 Å². The number of nitrogens with zero attached hydrogens (tertiary/aromatic N) is 2. The zero-order valence-corrected chi connectivity index (χ0v) is 22.1. The Balaban J connectivity index is 1.23. The number of aryl methyl sites for hydroxylation is 1. The van der Waals surface area contributed by atoms with E-state index >= 15 is 0 Å². The van der Waals surface area contributed by atoms with Gasteiger partial charge in [-0.25, -0.2) is 0 Å². The molecule has 2 aliphatic heterocycles. The molecule has 3 aromatic carbocycles. The number of carbonyl (C=O) groups is 1. The van der Waals surface area contributed by atoms with E-state index in [2.05, 4.69) is 70.5 Å². The van der Waals surface area contributed by atoms with Gasteiger partial charge in [0.15, 0.2) is 0 Å². The van der Waals surface area contributed by atoms with Crippen LogP contribution < -0.4 is 4.90 Å². The SMILES string of the molecule is O=C(O)CN1CCC2(CCCN(c3ccc([C@@H]4c5ccc(O)cc5CC[C@@H]4c4ccccc4)cc3)C2)CC1. The van der Waals surface area contributed by atoms with Crippen molar-refractivity contribution in [3.05, 3.63) is 95.1 Å². The lowest BCUT2D eigenvalue weighted by atomic mass is 9.69. The van der Waals surface area contributed by atoms with Crippen LogP contribution in [0.15, 0.2) is 72.8 Å². The smallest absolute Gasteiger partial charge is 0.317 e. The predicted octanol–water partition coefficient (Wildman–Crippen LogP) is 6.02. The number of fused-ring (bicyclic) bond motifs is 1. The normalized spacial score (nSPS) is 23.2. The number of carboxylic acid groups (broad SMARTS) is 1. The molecule has 2 saturated heterocycles. The van der Waals surface area contributed by atoms with Crippen LogP contribution in [0.1, 0.15) is 66.2 Å². The molecule has 2 atom stereocenters. The van der Waals surface area contributed by atoms with E-state index in [-0.39, 0.29) is 12.5 Å². The van der Waals surface area contributed by atoms with Crippen molar-refractivity contribution in [2.24, 2.45) is 5.41 Å². The molecule has 5 heteroatoms. The van der Waals surface area contributed by atoms with Gasteiger partial charge in [0.25, 0.3) is 0 Å². The predicted molar refractivity (Wildman–Crippen MR) is 151 cm³/mol. The second-order valence-corrected chi connectivity index (χ2v) is 11.7. The van der Waals surface area contributed by atoms with Gasteiger partial charge >= 0.3 is 5.97 Å². The summed E-state index contributed by atoms with van der Waals surface area (Å²) in [5.41, 5.74) is 6.91. The lowest BCUT2D eigenvalue weighted by Crippen LogP contribution is -2.50. The van der Waals surface area contributed by atoms with E-state index in [4.69, 9.17) is 5.11 Å². The number of aliphatic carboxylic acids is 1. The molecule has 2 heterocycles. The third-order valence-electron chi connectivity index (χ3n) is 9.37. The molecule has 5 nitrogen and oxygen atoms in total. The van der Waals surface area contributed by atoms with Gasteiger partial charge in [0.1, 0.15) is 5.75 Å². The van der Waals surface area contributed by atoms with Crippen LogP contribution in [-0.2, 0) is 11.2 Å². The van der Waals surface area contributed by atoms with Crippen molar-refractivity contribution in [3.8, 4) is 5.75 Å². The number of phenolic OH excluding ortho intramolecular Hbond substituents is 1. The summed E-state index contributed by atoms with van der Waals surface area (Å²) in [5.74, 6) is 0.303. The maximum absolute atomic E-state index is 11.1. The van der Waals surface area contributed by atoms with Crippen LogP contribution in [0.2, 0.25) is 0 Å².